The van der Waals surface area contributed by atoms with Crippen molar-refractivity contribution in [1.82, 2.24) is 0 Å². The van der Waals surface area contributed by atoms with Gasteiger partial charge >= 0.3 is 0 Å². The molecule has 2 aromatic rings. The molecule has 1 aliphatic heterocycles. The Bertz CT molecular complexity index is 975. The van der Waals surface area contributed by atoms with Crippen molar-refractivity contribution in [2.24, 2.45) is 0 Å². The van der Waals surface area contributed by atoms with Crippen molar-refractivity contribution in [3.63, 3.8) is 0 Å². The van der Waals surface area contributed by atoms with Gasteiger partial charge in [0.1, 0.15) is 47.7 Å². The standard InChI is InChI=1S/C22H26O10/c1-10(23)18-16(30-9-12-4-5-15(29-3)14(25)6-12)7-13(24)8-17(18)32-22-21(28)20(27)19(26)11(2)31-22/h4-8,11,19-22,24-28H,9H2,1-3H3/t11?,19-,20-,21?,22-/m0/s1. The summed E-state index contributed by atoms with van der Waals surface area (Å²) in [5.74, 6) is -0.660. The quantitative estimate of drug-likeness (QED) is 0.387. The summed E-state index contributed by atoms with van der Waals surface area (Å²) in [5, 5.41) is 50.1. The summed E-state index contributed by atoms with van der Waals surface area (Å²) >= 11 is 0. The van der Waals surface area contributed by atoms with Gasteiger partial charge in [-0.2, -0.15) is 0 Å². The molecule has 10 nitrogen and oxygen atoms in total. The van der Waals surface area contributed by atoms with E-state index in [2.05, 4.69) is 0 Å². The van der Waals surface area contributed by atoms with Gasteiger partial charge in [-0.25, -0.2) is 0 Å². The number of aliphatic hydroxyl groups excluding tert-OH is 3. The monoisotopic (exact) mass is 450 g/mol. The highest BCUT2D eigenvalue weighted by atomic mass is 16.7. The number of hydrogen-bond acceptors (Lipinski definition) is 10. The summed E-state index contributed by atoms with van der Waals surface area (Å²) in [7, 11) is 1.42. The van der Waals surface area contributed by atoms with E-state index >= 15 is 0 Å². The van der Waals surface area contributed by atoms with E-state index in [0.717, 1.165) is 6.07 Å². The van der Waals surface area contributed by atoms with Crippen LogP contribution in [-0.2, 0) is 11.3 Å². The fraction of sp³-hybridized carbons (Fsp3) is 0.409. The molecular weight excluding hydrogens is 424 g/mol. The molecule has 0 radical (unpaired) electrons. The number of methoxy groups -OCH3 is 1. The molecule has 3 rings (SSSR count). The summed E-state index contributed by atoms with van der Waals surface area (Å²) in [6.45, 7) is 2.71. The Morgan fingerprint density at radius 3 is 2.31 bits per heavy atom. The Balaban J connectivity index is 1.87. The molecule has 0 aliphatic carbocycles. The molecule has 32 heavy (non-hydrogen) atoms. The first-order chi connectivity index (χ1) is 15.1. The minimum absolute atomic E-state index is 0.00161. The van der Waals surface area contributed by atoms with Crippen LogP contribution in [0.25, 0.3) is 0 Å². The lowest BCUT2D eigenvalue weighted by atomic mass is 10.00. The molecule has 1 fully saturated rings. The smallest absolute Gasteiger partial charge is 0.229 e. The van der Waals surface area contributed by atoms with Crippen molar-refractivity contribution < 1.29 is 49.3 Å². The number of ether oxygens (including phenoxy) is 4. The maximum Gasteiger partial charge on any atom is 0.229 e. The number of rotatable bonds is 7. The molecule has 0 bridgehead atoms. The largest absolute Gasteiger partial charge is 0.508 e. The zero-order valence-corrected chi connectivity index (χ0v) is 17.8. The third-order valence-corrected chi connectivity index (χ3v) is 5.09. The first-order valence-electron chi connectivity index (χ1n) is 9.85. The first kappa shape index (κ1) is 23.6. The molecule has 1 aliphatic rings. The molecule has 1 heterocycles. The van der Waals surface area contributed by atoms with E-state index in [0.29, 0.717) is 11.3 Å². The number of ketones is 1. The number of phenols is 2. The number of aliphatic hydroxyl groups is 3. The van der Waals surface area contributed by atoms with E-state index in [4.69, 9.17) is 18.9 Å². The molecule has 174 valence electrons. The first-order valence-corrected chi connectivity index (χ1v) is 9.85. The van der Waals surface area contributed by atoms with Gasteiger partial charge in [0.25, 0.3) is 0 Å². The summed E-state index contributed by atoms with van der Waals surface area (Å²) in [5.41, 5.74) is 0.546. The minimum Gasteiger partial charge on any atom is -0.508 e. The number of hydrogen-bond donors (Lipinski definition) is 5. The van der Waals surface area contributed by atoms with Crippen molar-refractivity contribution in [3.8, 4) is 28.7 Å². The van der Waals surface area contributed by atoms with Crippen molar-refractivity contribution >= 4 is 5.78 Å². The Kier molecular flexibility index (Phi) is 7.09. The second kappa shape index (κ2) is 9.61. The number of carbonyl (C=O) groups is 1. The van der Waals surface area contributed by atoms with Gasteiger partial charge in [0.15, 0.2) is 17.3 Å². The summed E-state index contributed by atoms with van der Waals surface area (Å²) in [6.07, 6.45) is -6.71. The van der Waals surface area contributed by atoms with E-state index in [-0.39, 0.29) is 35.2 Å². The van der Waals surface area contributed by atoms with Crippen molar-refractivity contribution in [3.05, 3.63) is 41.5 Å². The number of benzene rings is 2. The normalized spacial score (nSPS) is 25.2. The second-order valence-corrected chi connectivity index (χ2v) is 7.47. The maximum atomic E-state index is 12.4. The average Bonchev–Trinajstić information content (AvgIpc) is 2.74. The molecule has 2 aromatic carbocycles. The van der Waals surface area contributed by atoms with Crippen LogP contribution in [0.5, 0.6) is 28.7 Å². The fourth-order valence-corrected chi connectivity index (χ4v) is 3.35. The molecule has 0 spiro atoms. The highest BCUT2D eigenvalue weighted by Gasteiger charge is 2.43. The van der Waals surface area contributed by atoms with Crippen molar-refractivity contribution in [2.75, 3.05) is 7.11 Å². The van der Waals surface area contributed by atoms with E-state index < -0.39 is 36.5 Å². The van der Waals surface area contributed by atoms with Gasteiger partial charge < -0.3 is 44.5 Å². The van der Waals surface area contributed by atoms with Crippen molar-refractivity contribution in [1.29, 1.82) is 0 Å². The highest BCUT2D eigenvalue weighted by Crippen LogP contribution is 2.37. The molecule has 1 saturated heterocycles. The van der Waals surface area contributed by atoms with Gasteiger partial charge in [0.2, 0.25) is 6.29 Å². The van der Waals surface area contributed by atoms with E-state index in [1.807, 2.05) is 0 Å². The Morgan fingerprint density at radius 2 is 1.69 bits per heavy atom. The van der Waals surface area contributed by atoms with Crippen LogP contribution >= 0.6 is 0 Å². The number of Topliss-reactive ketones (excluding diaryl/α,β-unsaturated/α-hetero) is 1. The van der Waals surface area contributed by atoms with Gasteiger partial charge in [-0.05, 0) is 31.5 Å². The second-order valence-electron chi connectivity index (χ2n) is 7.47. The van der Waals surface area contributed by atoms with Crippen LogP contribution in [-0.4, -0.2) is 69.1 Å². The predicted octanol–water partition coefficient (Wildman–Crippen LogP) is 1.09. The van der Waals surface area contributed by atoms with Crippen LogP contribution in [0.1, 0.15) is 29.8 Å². The molecule has 10 heteroatoms. The number of phenolic OH excluding ortho intramolecular Hbond substituents is 2. The summed E-state index contributed by atoms with van der Waals surface area (Å²) in [6, 6.07) is 7.03. The molecular formula is C22H26O10. The van der Waals surface area contributed by atoms with Crippen LogP contribution in [0.4, 0.5) is 0 Å². The molecule has 2 unspecified atom stereocenters. The van der Waals surface area contributed by atoms with Gasteiger partial charge in [0, 0.05) is 12.1 Å². The van der Waals surface area contributed by atoms with Crippen LogP contribution in [0, 0.1) is 0 Å². The highest BCUT2D eigenvalue weighted by molar-refractivity contribution is 6.00. The number of aromatic hydroxyl groups is 2. The predicted molar refractivity (Wildman–Crippen MR) is 110 cm³/mol. The lowest BCUT2D eigenvalue weighted by Gasteiger charge is -2.39. The van der Waals surface area contributed by atoms with Crippen LogP contribution in [0.3, 0.4) is 0 Å². The van der Waals surface area contributed by atoms with Gasteiger partial charge in [-0.1, -0.05) is 6.07 Å². The zero-order valence-electron chi connectivity index (χ0n) is 17.8. The van der Waals surface area contributed by atoms with Gasteiger partial charge in [-0.15, -0.1) is 0 Å². The molecule has 5 atom stereocenters. The Hall–Kier alpha value is -3.05. The fourth-order valence-electron chi connectivity index (χ4n) is 3.35. The molecule has 0 amide bonds. The topological polar surface area (TPSA) is 155 Å². The SMILES string of the molecule is COc1ccc(COc2cc(O)cc(O[C@@H]3OC(C)[C@H](O)[C@H](O)C3O)c2C(C)=O)cc1O. The Morgan fingerprint density at radius 1 is 1.00 bits per heavy atom. The molecule has 0 saturated carbocycles. The lowest BCUT2D eigenvalue weighted by molar-refractivity contribution is -0.268. The molecule has 5 N–H and O–H groups in total. The third kappa shape index (κ3) is 4.89. The third-order valence-electron chi connectivity index (χ3n) is 5.09. The maximum absolute atomic E-state index is 12.4. The van der Waals surface area contributed by atoms with Crippen molar-refractivity contribution in [2.45, 2.75) is 51.2 Å². The van der Waals surface area contributed by atoms with Gasteiger partial charge in [-0.3, -0.25) is 4.79 Å². The zero-order chi connectivity index (χ0) is 23.6. The number of carbonyl (C=O) groups excluding carboxylic acids is 1. The molecule has 0 aromatic heterocycles. The summed E-state index contributed by atoms with van der Waals surface area (Å²) < 4.78 is 21.7. The van der Waals surface area contributed by atoms with Crippen LogP contribution < -0.4 is 14.2 Å². The summed E-state index contributed by atoms with van der Waals surface area (Å²) in [4.78, 5) is 12.4. The minimum atomic E-state index is -1.60. The van der Waals surface area contributed by atoms with Gasteiger partial charge in [0.05, 0.1) is 13.2 Å². The Labute approximate surface area is 184 Å². The van der Waals surface area contributed by atoms with E-state index in [9.17, 15) is 30.3 Å². The van der Waals surface area contributed by atoms with Crippen LogP contribution in [0.2, 0.25) is 0 Å². The lowest BCUT2D eigenvalue weighted by Crippen LogP contribution is -2.58. The van der Waals surface area contributed by atoms with Crippen LogP contribution in [0.15, 0.2) is 30.3 Å². The average molecular weight is 450 g/mol. The van der Waals surface area contributed by atoms with E-state index in [1.54, 1.807) is 12.1 Å². The van der Waals surface area contributed by atoms with E-state index in [1.165, 1.54) is 33.1 Å².